The average molecular weight is 591 g/mol. The second-order valence-electron chi connectivity index (χ2n) is 10.5. The molecule has 1 aromatic heterocycles. The number of aryl methyl sites for hydroxylation is 1. The molecule has 2 aromatic carbocycles. The molecular formula is C29H35FN2O6S2. The van der Waals surface area contributed by atoms with Crippen LogP contribution in [0, 0.1) is 5.82 Å². The second-order valence-corrected chi connectivity index (χ2v) is 14.9. The number of aromatic nitrogens is 1. The number of ether oxygens (including phenoxy) is 1. The van der Waals surface area contributed by atoms with Crippen molar-refractivity contribution in [1.29, 1.82) is 0 Å². The molecule has 0 fully saturated rings. The summed E-state index contributed by atoms with van der Waals surface area (Å²) in [7, 11) is -0.514. The van der Waals surface area contributed by atoms with E-state index in [0.29, 0.717) is 22.3 Å². The summed E-state index contributed by atoms with van der Waals surface area (Å²) in [6, 6.07) is 9.40. The number of halogens is 1. The summed E-state index contributed by atoms with van der Waals surface area (Å²) in [5.74, 6) is -1.51. The molecule has 0 saturated heterocycles. The maximum atomic E-state index is 14.5. The van der Waals surface area contributed by atoms with Gasteiger partial charge in [0.15, 0.2) is 27.2 Å². The standard InChI is InChI=1S/C29H35FN2O6S2/c1-8-40(36,37)17-19-9-11-21(28(34)20-10-12-26(38-7)25(30)14-20)23(13-19)24-16-32(6)27(33)15-22(24)18(2)31-39(35)29(3,4)5/h9-16,18,31H,8,17H2,1-7H3/t18-,39-/m0/s1. The van der Waals surface area contributed by atoms with Crippen LogP contribution in [0.1, 0.15) is 67.7 Å². The van der Waals surface area contributed by atoms with Crippen molar-refractivity contribution < 1.29 is 26.9 Å². The summed E-state index contributed by atoms with van der Waals surface area (Å²) in [6.45, 7) is 8.76. The van der Waals surface area contributed by atoms with Gasteiger partial charge in [-0.15, -0.1) is 4.72 Å². The summed E-state index contributed by atoms with van der Waals surface area (Å²) in [5, 5.41) is 0. The molecule has 8 nitrogen and oxygen atoms in total. The smallest absolute Gasteiger partial charge is 0.250 e. The summed E-state index contributed by atoms with van der Waals surface area (Å²) in [5.41, 5.74) is 1.71. The molecule has 0 saturated carbocycles. The van der Waals surface area contributed by atoms with Crippen LogP contribution in [-0.4, -0.2) is 40.9 Å². The van der Waals surface area contributed by atoms with Gasteiger partial charge in [-0.05, 0) is 68.7 Å². The predicted molar refractivity (Wildman–Crippen MR) is 156 cm³/mol. The number of methoxy groups -OCH3 is 1. The average Bonchev–Trinajstić information content (AvgIpc) is 2.88. The van der Waals surface area contributed by atoms with Crippen molar-refractivity contribution in [3.8, 4) is 16.9 Å². The van der Waals surface area contributed by atoms with Crippen LogP contribution in [0.25, 0.3) is 11.1 Å². The molecule has 0 unspecified atom stereocenters. The van der Waals surface area contributed by atoms with E-state index in [9.17, 15) is 27.0 Å². The first-order chi connectivity index (χ1) is 18.6. The Balaban J connectivity index is 2.27. The van der Waals surface area contributed by atoms with Crippen LogP contribution in [0.15, 0.2) is 53.5 Å². The third-order valence-electron chi connectivity index (χ3n) is 6.43. The maximum absolute atomic E-state index is 14.5. The molecule has 216 valence electrons. The van der Waals surface area contributed by atoms with Crippen LogP contribution in [0.4, 0.5) is 4.39 Å². The van der Waals surface area contributed by atoms with Gasteiger partial charge in [-0.2, -0.15) is 0 Å². The number of hydrogen-bond donors (Lipinski definition) is 1. The molecule has 0 radical (unpaired) electrons. The topological polar surface area (TPSA) is 118 Å². The first-order valence-electron chi connectivity index (χ1n) is 12.7. The van der Waals surface area contributed by atoms with Gasteiger partial charge in [-0.25, -0.2) is 12.8 Å². The molecule has 1 N–H and O–H groups in total. The van der Waals surface area contributed by atoms with E-state index in [0.717, 1.165) is 6.07 Å². The van der Waals surface area contributed by atoms with Crippen LogP contribution in [0.5, 0.6) is 5.75 Å². The fourth-order valence-corrected chi connectivity index (χ4v) is 5.74. The summed E-state index contributed by atoms with van der Waals surface area (Å²) in [4.78, 5) is 26.4. The number of ketones is 1. The van der Waals surface area contributed by atoms with Gasteiger partial charge in [-0.1, -0.05) is 19.1 Å². The molecule has 40 heavy (non-hydrogen) atoms. The normalized spacial score (nSPS) is 13.6. The molecule has 0 spiro atoms. The number of carbonyl (C=O) groups excluding carboxylic acids is 1. The largest absolute Gasteiger partial charge is 0.598 e. The first-order valence-corrected chi connectivity index (χ1v) is 15.7. The number of benzene rings is 2. The molecule has 3 rings (SSSR count). The van der Waals surface area contributed by atoms with E-state index in [4.69, 9.17) is 4.74 Å². The number of nitrogens with zero attached hydrogens (tertiary/aromatic N) is 1. The summed E-state index contributed by atoms with van der Waals surface area (Å²) >= 11 is -1.47. The Hall–Kier alpha value is -2.99. The van der Waals surface area contributed by atoms with Crippen molar-refractivity contribution >= 4 is 27.0 Å². The third-order valence-corrected chi connectivity index (χ3v) is 9.76. The van der Waals surface area contributed by atoms with Crippen molar-refractivity contribution in [3.05, 3.63) is 87.1 Å². The van der Waals surface area contributed by atoms with Crippen molar-refractivity contribution in [3.63, 3.8) is 0 Å². The fraction of sp³-hybridized carbons (Fsp3) is 0.379. The number of pyridine rings is 1. The Morgan fingerprint density at radius 3 is 2.40 bits per heavy atom. The molecule has 11 heteroatoms. The number of hydrogen-bond acceptors (Lipinski definition) is 7. The zero-order valence-electron chi connectivity index (χ0n) is 23.7. The number of carbonyl (C=O) groups is 1. The van der Waals surface area contributed by atoms with Crippen molar-refractivity contribution in [2.75, 3.05) is 12.9 Å². The van der Waals surface area contributed by atoms with Crippen LogP contribution < -0.4 is 15.0 Å². The van der Waals surface area contributed by atoms with Crippen LogP contribution in [0.2, 0.25) is 0 Å². The highest BCUT2D eigenvalue weighted by molar-refractivity contribution is 7.91. The Kier molecular flexibility index (Phi) is 9.66. The van der Waals surface area contributed by atoms with E-state index < -0.39 is 43.6 Å². The molecule has 0 aliphatic heterocycles. The molecule has 0 amide bonds. The number of sulfone groups is 1. The van der Waals surface area contributed by atoms with Gasteiger partial charge in [0.05, 0.1) is 18.9 Å². The highest BCUT2D eigenvalue weighted by Crippen LogP contribution is 2.34. The molecule has 3 aromatic rings. The predicted octanol–water partition coefficient (Wildman–Crippen LogP) is 4.48. The van der Waals surface area contributed by atoms with E-state index in [1.807, 2.05) is 20.8 Å². The van der Waals surface area contributed by atoms with Gasteiger partial charge in [0.25, 0.3) is 5.56 Å². The van der Waals surface area contributed by atoms with Gasteiger partial charge < -0.3 is 13.9 Å². The fourth-order valence-electron chi connectivity index (χ4n) is 4.05. The Bertz CT molecular complexity index is 1580. The zero-order valence-corrected chi connectivity index (χ0v) is 25.3. The zero-order chi connectivity index (χ0) is 30.0. The quantitative estimate of drug-likeness (QED) is 0.273. The van der Waals surface area contributed by atoms with E-state index in [1.54, 1.807) is 39.2 Å². The summed E-state index contributed by atoms with van der Waals surface area (Å²) < 4.78 is 61.0. The van der Waals surface area contributed by atoms with Gasteiger partial charge in [0.1, 0.15) is 4.75 Å². The lowest BCUT2D eigenvalue weighted by Crippen LogP contribution is -2.41. The molecular weight excluding hydrogens is 555 g/mol. The lowest BCUT2D eigenvalue weighted by Gasteiger charge is -2.27. The monoisotopic (exact) mass is 590 g/mol. The van der Waals surface area contributed by atoms with Gasteiger partial charge in [0.2, 0.25) is 0 Å². The van der Waals surface area contributed by atoms with E-state index in [2.05, 4.69) is 4.72 Å². The minimum absolute atomic E-state index is 0.0102. The summed E-state index contributed by atoms with van der Waals surface area (Å²) in [6.07, 6.45) is 1.56. The second kappa shape index (κ2) is 12.3. The molecule has 0 aliphatic rings. The van der Waals surface area contributed by atoms with Crippen LogP contribution >= 0.6 is 0 Å². The molecule has 2 atom stereocenters. The molecule has 1 heterocycles. The number of nitrogens with one attached hydrogen (secondary N) is 1. The van der Waals surface area contributed by atoms with E-state index in [1.165, 1.54) is 35.9 Å². The lowest BCUT2D eigenvalue weighted by molar-refractivity contribution is 0.103. The molecule has 0 aliphatic carbocycles. The minimum Gasteiger partial charge on any atom is -0.598 e. The Morgan fingerprint density at radius 1 is 1.15 bits per heavy atom. The third kappa shape index (κ3) is 7.20. The first kappa shape index (κ1) is 31.5. The van der Waals surface area contributed by atoms with Crippen LogP contribution in [0.3, 0.4) is 0 Å². The van der Waals surface area contributed by atoms with Gasteiger partial charge in [0, 0.05) is 53.1 Å². The SMILES string of the molecule is CCS(=O)(=O)Cc1ccc(C(=O)c2ccc(OC)c(F)c2)c(-c2cn(C)c(=O)cc2[C@H](C)N[S@@+]([O-])C(C)(C)C)c1. The van der Waals surface area contributed by atoms with Crippen molar-refractivity contribution in [2.45, 2.75) is 51.2 Å². The highest BCUT2D eigenvalue weighted by atomic mass is 32.2. The van der Waals surface area contributed by atoms with Gasteiger partial charge >= 0.3 is 0 Å². The lowest BCUT2D eigenvalue weighted by atomic mass is 9.89. The number of rotatable bonds is 10. The van der Waals surface area contributed by atoms with Crippen LogP contribution in [-0.2, 0) is 34.0 Å². The Labute approximate surface area is 237 Å². The highest BCUT2D eigenvalue weighted by Gasteiger charge is 2.30. The van der Waals surface area contributed by atoms with E-state index in [-0.39, 0.29) is 33.9 Å². The van der Waals surface area contributed by atoms with Crippen molar-refractivity contribution in [2.24, 2.45) is 7.05 Å². The Morgan fingerprint density at radius 2 is 1.82 bits per heavy atom. The van der Waals surface area contributed by atoms with Crippen molar-refractivity contribution in [1.82, 2.24) is 9.29 Å². The maximum Gasteiger partial charge on any atom is 0.250 e. The van der Waals surface area contributed by atoms with E-state index >= 15 is 0 Å². The van der Waals surface area contributed by atoms with Gasteiger partial charge in [-0.3, -0.25) is 9.59 Å². The molecule has 0 bridgehead atoms. The minimum atomic E-state index is -3.40.